The number of hydrogen-bond donors (Lipinski definition) is 0. The molecule has 1 aliphatic carbocycles. The first-order valence-electron chi connectivity index (χ1n) is 13.9. The number of hydrogen-bond acceptors (Lipinski definition) is 3. The van der Waals surface area contributed by atoms with E-state index in [0.29, 0.717) is 0 Å². The summed E-state index contributed by atoms with van der Waals surface area (Å²) in [7, 11) is 0. The fourth-order valence-corrected chi connectivity index (χ4v) is 7.14. The van der Waals surface area contributed by atoms with Crippen molar-refractivity contribution in [3.63, 3.8) is 0 Å². The topological polar surface area (TPSA) is 48.0 Å². The number of para-hydroxylation sites is 1. The van der Waals surface area contributed by atoms with Crippen LogP contribution < -0.4 is 0 Å². The van der Waals surface area contributed by atoms with E-state index in [1.54, 1.807) is 0 Å². The lowest BCUT2D eigenvalue weighted by Gasteiger charge is -2.13. The molecule has 0 saturated heterocycles. The van der Waals surface area contributed by atoms with Crippen molar-refractivity contribution in [1.29, 1.82) is 0 Å². The summed E-state index contributed by atoms with van der Waals surface area (Å²) in [5.41, 5.74) is 12.7. The van der Waals surface area contributed by atoms with Crippen molar-refractivity contribution < 1.29 is 0 Å². The van der Waals surface area contributed by atoms with Crippen LogP contribution in [0.4, 0.5) is 0 Å². The molecule has 5 aromatic heterocycles. The lowest BCUT2D eigenvalue weighted by Crippen LogP contribution is -1.98. The first kappa shape index (κ1) is 21.3. The molecule has 5 heteroatoms. The summed E-state index contributed by atoms with van der Waals surface area (Å²) >= 11 is 0. The van der Waals surface area contributed by atoms with E-state index in [1.165, 1.54) is 49.4 Å². The van der Waals surface area contributed by atoms with Gasteiger partial charge in [-0.1, -0.05) is 48.5 Å². The maximum Gasteiger partial charge on any atom is 0.147 e. The van der Waals surface area contributed by atoms with Gasteiger partial charge in [0.25, 0.3) is 0 Å². The van der Waals surface area contributed by atoms with Crippen molar-refractivity contribution in [3.8, 4) is 16.8 Å². The largest absolute Gasteiger partial charge is 0.309 e. The Bertz CT molecular complexity index is 2550. The molecule has 0 radical (unpaired) electrons. The summed E-state index contributed by atoms with van der Waals surface area (Å²) in [5, 5.41) is 5.89. The lowest BCUT2D eigenvalue weighted by molar-refractivity contribution is 1.18. The van der Waals surface area contributed by atoms with E-state index in [1.807, 2.05) is 30.7 Å². The highest BCUT2D eigenvalue weighted by Crippen LogP contribution is 2.45. The third-order valence-corrected chi connectivity index (χ3v) is 8.82. The molecule has 9 aromatic rings. The van der Waals surface area contributed by atoms with Crippen LogP contribution in [0.1, 0.15) is 11.1 Å². The molecule has 41 heavy (non-hydrogen) atoms. The first-order valence-corrected chi connectivity index (χ1v) is 13.9. The average Bonchev–Trinajstić information content (AvgIpc) is 3.70. The normalized spacial score (nSPS) is 12.8. The van der Waals surface area contributed by atoms with E-state index < -0.39 is 0 Å². The first-order chi connectivity index (χ1) is 20.3. The highest BCUT2D eigenvalue weighted by atomic mass is 15.1. The molecule has 0 bridgehead atoms. The molecule has 1 aliphatic rings. The number of fused-ring (bicyclic) bond motifs is 15. The second kappa shape index (κ2) is 7.55. The molecule has 4 aromatic carbocycles. The summed E-state index contributed by atoms with van der Waals surface area (Å²) in [6.07, 6.45) is 6.50. The summed E-state index contributed by atoms with van der Waals surface area (Å²) in [6, 6.07) is 35.1. The van der Waals surface area contributed by atoms with Crippen LogP contribution in [0, 0.1) is 0 Å². The Balaban J connectivity index is 1.47. The zero-order valence-electron chi connectivity index (χ0n) is 21.9. The maximum absolute atomic E-state index is 5.08. The van der Waals surface area contributed by atoms with E-state index in [2.05, 4.69) is 98.9 Å². The van der Waals surface area contributed by atoms with Crippen LogP contribution in [0.2, 0.25) is 0 Å². The Morgan fingerprint density at radius 3 is 2.41 bits per heavy atom. The number of aromatic nitrogens is 5. The molecular weight excluding hydrogens is 502 g/mol. The van der Waals surface area contributed by atoms with Crippen molar-refractivity contribution >= 4 is 60.3 Å². The second-order valence-electron chi connectivity index (χ2n) is 10.9. The summed E-state index contributed by atoms with van der Waals surface area (Å²) < 4.78 is 4.63. The molecule has 0 spiro atoms. The number of imidazole rings is 1. The monoisotopic (exact) mass is 523 g/mol. The van der Waals surface area contributed by atoms with Crippen LogP contribution in [0.3, 0.4) is 0 Å². The summed E-state index contributed by atoms with van der Waals surface area (Å²) in [4.78, 5) is 14.3. The zero-order chi connectivity index (χ0) is 26.7. The van der Waals surface area contributed by atoms with Crippen LogP contribution in [0.25, 0.3) is 77.1 Å². The van der Waals surface area contributed by atoms with Gasteiger partial charge in [-0.2, -0.15) is 0 Å². The molecule has 5 heterocycles. The van der Waals surface area contributed by atoms with E-state index >= 15 is 0 Å². The van der Waals surface area contributed by atoms with Gasteiger partial charge in [-0.3, -0.25) is 9.38 Å². The number of nitrogens with zero attached hydrogens (tertiary/aromatic N) is 5. The van der Waals surface area contributed by atoms with Crippen molar-refractivity contribution in [1.82, 2.24) is 23.9 Å². The Morgan fingerprint density at radius 1 is 0.610 bits per heavy atom. The summed E-state index contributed by atoms with van der Waals surface area (Å²) in [5.74, 6) is 0. The molecule has 10 rings (SSSR count). The molecule has 0 amide bonds. The van der Waals surface area contributed by atoms with Crippen LogP contribution in [0.5, 0.6) is 0 Å². The highest BCUT2D eigenvalue weighted by Gasteiger charge is 2.24. The minimum absolute atomic E-state index is 0.866. The molecule has 190 valence electrons. The third-order valence-electron chi connectivity index (χ3n) is 8.82. The molecule has 0 fully saturated rings. The van der Waals surface area contributed by atoms with Gasteiger partial charge in [0.05, 0.1) is 22.7 Å². The predicted molar refractivity (Wildman–Crippen MR) is 166 cm³/mol. The minimum atomic E-state index is 0.866. The zero-order valence-corrected chi connectivity index (χ0v) is 21.9. The maximum atomic E-state index is 5.08. The van der Waals surface area contributed by atoms with E-state index in [-0.39, 0.29) is 0 Å². The lowest BCUT2D eigenvalue weighted by atomic mass is 10.0. The number of rotatable bonds is 1. The van der Waals surface area contributed by atoms with Gasteiger partial charge in [-0.25, -0.2) is 9.97 Å². The molecule has 0 unspecified atom stereocenters. The quantitative estimate of drug-likeness (QED) is 0.204. The van der Waals surface area contributed by atoms with Gasteiger partial charge in [0.2, 0.25) is 0 Å². The molecule has 0 saturated carbocycles. The standard InChI is InChI=1S/C36H21N5/c1-2-8-23(9-3-1)40-32-19-28-22(17-21-7-4-5-10-24(21)28)18-29(32)25-12-13-27-33(34(25)40)26-11-6-15-38-35(26)41-31-14-16-37-20-30(31)39-36(27)41/h1-16,18-20H,17H2. The van der Waals surface area contributed by atoms with Gasteiger partial charge in [0.15, 0.2) is 0 Å². The molecule has 5 nitrogen and oxygen atoms in total. The van der Waals surface area contributed by atoms with E-state index in [0.717, 1.165) is 45.2 Å². The van der Waals surface area contributed by atoms with Crippen LogP contribution in [-0.2, 0) is 6.42 Å². The molecular formula is C36H21N5. The average molecular weight is 524 g/mol. The Labute approximate surface area is 234 Å². The predicted octanol–water partition coefficient (Wildman–Crippen LogP) is 8.25. The molecule has 0 aliphatic heterocycles. The minimum Gasteiger partial charge on any atom is -0.309 e. The number of benzene rings is 4. The third kappa shape index (κ3) is 2.68. The fraction of sp³-hybridized carbons (Fsp3) is 0.0278. The van der Waals surface area contributed by atoms with Gasteiger partial charge in [0.1, 0.15) is 16.8 Å². The van der Waals surface area contributed by atoms with Crippen molar-refractivity contribution in [2.75, 3.05) is 0 Å². The van der Waals surface area contributed by atoms with Gasteiger partial charge in [-0.05, 0) is 77.2 Å². The van der Waals surface area contributed by atoms with Gasteiger partial charge >= 0.3 is 0 Å². The SMILES string of the molecule is c1ccc(-n2c3cc4c(cc3c3ccc5c(c6cccnc6n6c7ccncc7nc56)c32)Cc2ccccc2-4)cc1. The molecule has 0 atom stereocenters. The smallest absolute Gasteiger partial charge is 0.147 e. The van der Waals surface area contributed by atoms with Crippen LogP contribution >= 0.6 is 0 Å². The fourth-order valence-electron chi connectivity index (χ4n) is 7.14. The summed E-state index contributed by atoms with van der Waals surface area (Å²) in [6.45, 7) is 0. The van der Waals surface area contributed by atoms with Crippen LogP contribution in [-0.4, -0.2) is 23.9 Å². The van der Waals surface area contributed by atoms with Gasteiger partial charge in [-0.15, -0.1) is 0 Å². The Kier molecular flexibility index (Phi) is 3.92. The van der Waals surface area contributed by atoms with E-state index in [9.17, 15) is 0 Å². The van der Waals surface area contributed by atoms with Gasteiger partial charge < -0.3 is 4.57 Å². The van der Waals surface area contributed by atoms with Gasteiger partial charge in [0, 0.05) is 45.0 Å². The Morgan fingerprint density at radius 2 is 1.46 bits per heavy atom. The van der Waals surface area contributed by atoms with Crippen molar-refractivity contribution in [3.05, 3.63) is 127 Å². The Hall–Kier alpha value is -5.55. The van der Waals surface area contributed by atoms with E-state index in [4.69, 9.17) is 9.97 Å². The number of pyridine rings is 3. The second-order valence-corrected chi connectivity index (χ2v) is 10.9. The molecule has 0 N–H and O–H groups in total. The van der Waals surface area contributed by atoms with Crippen molar-refractivity contribution in [2.24, 2.45) is 0 Å². The van der Waals surface area contributed by atoms with Crippen molar-refractivity contribution in [2.45, 2.75) is 6.42 Å². The highest BCUT2D eigenvalue weighted by molar-refractivity contribution is 6.27. The van der Waals surface area contributed by atoms with Crippen LogP contribution in [0.15, 0.2) is 116 Å².